The molecule has 2 amide bonds. The maximum absolute atomic E-state index is 14.7. The molecule has 2 aromatic heterocycles. The van der Waals surface area contributed by atoms with Crippen molar-refractivity contribution in [1.29, 1.82) is 0 Å². The van der Waals surface area contributed by atoms with Gasteiger partial charge in [0.05, 0.1) is 29.4 Å². The van der Waals surface area contributed by atoms with Gasteiger partial charge in [-0.2, -0.15) is 13.2 Å². The van der Waals surface area contributed by atoms with Crippen LogP contribution in [0.4, 0.5) is 34.9 Å². The van der Waals surface area contributed by atoms with Crippen LogP contribution in [-0.4, -0.2) is 41.0 Å². The number of primary amides is 2. The van der Waals surface area contributed by atoms with E-state index in [9.17, 15) is 27.2 Å². The molecule has 0 aliphatic carbocycles. The van der Waals surface area contributed by atoms with Crippen molar-refractivity contribution in [3.05, 3.63) is 54.0 Å². The number of nitrogens with one attached hydrogen (secondary N) is 1. The molecule has 5 N–H and O–H groups in total. The van der Waals surface area contributed by atoms with Gasteiger partial charge < -0.3 is 21.7 Å². The summed E-state index contributed by atoms with van der Waals surface area (Å²) in [7, 11) is 1.04. The molecule has 0 aliphatic rings. The van der Waals surface area contributed by atoms with Crippen LogP contribution in [0, 0.1) is 5.82 Å². The third-order valence-electron chi connectivity index (χ3n) is 4.63. The van der Waals surface area contributed by atoms with Gasteiger partial charge in [-0.15, -0.1) is 0 Å². The molecule has 1 aromatic carbocycles. The highest BCUT2D eigenvalue weighted by molar-refractivity contribution is 5.99. The smallest absolute Gasteiger partial charge is 0.368 e. The molecule has 32 heavy (non-hydrogen) atoms. The van der Waals surface area contributed by atoms with Gasteiger partial charge in [0.15, 0.2) is 11.6 Å². The van der Waals surface area contributed by atoms with E-state index < -0.39 is 42.1 Å². The van der Waals surface area contributed by atoms with E-state index in [-0.39, 0.29) is 11.4 Å². The first-order valence-electron chi connectivity index (χ1n) is 9.17. The molecular formula is C20H18F4N6O2. The SMILES string of the molecule is CN(c1nc(Nc2cnc3ccccc3c2)c(C(N)=O)cc1F)C(CC(F)(F)F)C(N)=O. The second-order valence-corrected chi connectivity index (χ2v) is 6.94. The zero-order valence-corrected chi connectivity index (χ0v) is 16.7. The Hall–Kier alpha value is -3.96. The molecule has 0 saturated heterocycles. The van der Waals surface area contributed by atoms with Gasteiger partial charge in [-0.3, -0.25) is 14.6 Å². The van der Waals surface area contributed by atoms with Crippen LogP contribution in [0.3, 0.4) is 0 Å². The van der Waals surface area contributed by atoms with Gasteiger partial charge in [0, 0.05) is 12.4 Å². The van der Waals surface area contributed by atoms with Crippen LogP contribution >= 0.6 is 0 Å². The predicted octanol–water partition coefficient (Wildman–Crippen LogP) is 2.85. The molecule has 0 fully saturated rings. The monoisotopic (exact) mass is 450 g/mol. The first kappa shape index (κ1) is 22.7. The quantitative estimate of drug-likeness (QED) is 0.475. The predicted molar refractivity (Wildman–Crippen MR) is 110 cm³/mol. The Morgan fingerprint density at radius 2 is 1.88 bits per heavy atom. The number of nitrogens with zero attached hydrogens (tertiary/aromatic N) is 3. The van der Waals surface area contributed by atoms with E-state index in [0.29, 0.717) is 16.1 Å². The fourth-order valence-corrected chi connectivity index (χ4v) is 3.08. The summed E-state index contributed by atoms with van der Waals surface area (Å²) in [5.74, 6) is -4.36. The highest BCUT2D eigenvalue weighted by Gasteiger charge is 2.38. The summed E-state index contributed by atoms with van der Waals surface area (Å²) >= 11 is 0. The molecule has 12 heteroatoms. The van der Waals surface area contributed by atoms with Gasteiger partial charge in [-0.05, 0) is 18.2 Å². The Morgan fingerprint density at radius 3 is 2.50 bits per heavy atom. The number of carbonyl (C=O) groups excluding carboxylic acids is 2. The number of anilines is 3. The maximum atomic E-state index is 14.7. The summed E-state index contributed by atoms with van der Waals surface area (Å²) in [6.45, 7) is 0. The zero-order chi connectivity index (χ0) is 23.6. The van der Waals surface area contributed by atoms with Gasteiger partial charge >= 0.3 is 6.18 Å². The Balaban J connectivity index is 2.04. The summed E-state index contributed by atoms with van der Waals surface area (Å²) < 4.78 is 53.3. The second-order valence-electron chi connectivity index (χ2n) is 6.94. The molecule has 1 unspecified atom stereocenters. The number of fused-ring (bicyclic) bond motifs is 1. The van der Waals surface area contributed by atoms with Gasteiger partial charge in [-0.1, -0.05) is 18.2 Å². The van der Waals surface area contributed by atoms with Crippen LogP contribution in [0.5, 0.6) is 0 Å². The Bertz CT molecular complexity index is 1180. The molecule has 0 spiro atoms. The lowest BCUT2D eigenvalue weighted by molar-refractivity contribution is -0.146. The first-order chi connectivity index (χ1) is 15.0. The minimum Gasteiger partial charge on any atom is -0.368 e. The molecule has 3 rings (SSSR count). The highest BCUT2D eigenvalue weighted by atomic mass is 19.4. The number of alkyl halides is 3. The number of likely N-dealkylation sites (N-methyl/N-ethyl adjacent to an activating group) is 1. The fraction of sp³-hybridized carbons (Fsp3) is 0.200. The van der Waals surface area contributed by atoms with Crippen molar-refractivity contribution in [2.75, 3.05) is 17.3 Å². The summed E-state index contributed by atoms with van der Waals surface area (Å²) in [6, 6.07) is 7.63. The maximum Gasteiger partial charge on any atom is 0.391 e. The van der Waals surface area contributed by atoms with Crippen molar-refractivity contribution < 1.29 is 27.2 Å². The topological polar surface area (TPSA) is 127 Å². The van der Waals surface area contributed by atoms with Crippen LogP contribution in [0.2, 0.25) is 0 Å². The van der Waals surface area contributed by atoms with Crippen molar-refractivity contribution in [3.8, 4) is 0 Å². The number of hydrogen-bond donors (Lipinski definition) is 3. The molecule has 2 heterocycles. The largest absolute Gasteiger partial charge is 0.391 e. The van der Waals surface area contributed by atoms with Crippen LogP contribution in [0.25, 0.3) is 10.9 Å². The molecule has 1 atom stereocenters. The lowest BCUT2D eigenvalue weighted by Crippen LogP contribution is -2.46. The average molecular weight is 450 g/mol. The van der Waals surface area contributed by atoms with E-state index in [2.05, 4.69) is 15.3 Å². The number of aromatic nitrogens is 2. The van der Waals surface area contributed by atoms with Gasteiger partial charge in [0.2, 0.25) is 5.91 Å². The van der Waals surface area contributed by atoms with Crippen molar-refractivity contribution >= 4 is 40.0 Å². The van der Waals surface area contributed by atoms with Crippen molar-refractivity contribution in [1.82, 2.24) is 9.97 Å². The number of carbonyl (C=O) groups is 2. The lowest BCUT2D eigenvalue weighted by Gasteiger charge is -2.28. The number of halogens is 4. The van der Waals surface area contributed by atoms with Crippen molar-refractivity contribution in [3.63, 3.8) is 0 Å². The lowest BCUT2D eigenvalue weighted by atomic mass is 10.1. The third-order valence-corrected chi connectivity index (χ3v) is 4.63. The molecule has 168 valence electrons. The minimum atomic E-state index is -4.74. The Morgan fingerprint density at radius 1 is 1.19 bits per heavy atom. The van der Waals surface area contributed by atoms with E-state index in [4.69, 9.17) is 11.5 Å². The first-order valence-corrected chi connectivity index (χ1v) is 9.17. The standard InChI is InChI=1S/C20H18F4N6O2/c1-30(15(17(26)32)8-20(22,23)24)19-13(21)7-12(16(25)31)18(29-19)28-11-6-10-4-2-3-5-14(10)27-9-11/h2-7,9,15H,8H2,1H3,(H2,25,31)(H2,26,32)(H,28,29). The third kappa shape index (κ3) is 5.02. The van der Waals surface area contributed by atoms with Gasteiger partial charge in [-0.25, -0.2) is 9.37 Å². The molecule has 0 bridgehead atoms. The summed E-state index contributed by atoms with van der Waals surface area (Å²) in [4.78, 5) is 32.3. The highest BCUT2D eigenvalue weighted by Crippen LogP contribution is 2.30. The molecule has 3 aromatic rings. The van der Waals surface area contributed by atoms with Crippen molar-refractivity contribution in [2.45, 2.75) is 18.6 Å². The number of para-hydroxylation sites is 1. The number of pyridine rings is 2. The van der Waals surface area contributed by atoms with Crippen LogP contribution in [-0.2, 0) is 4.79 Å². The summed E-state index contributed by atoms with van der Waals surface area (Å²) in [6.07, 6.45) is -4.93. The summed E-state index contributed by atoms with van der Waals surface area (Å²) in [5, 5.41) is 3.53. The van der Waals surface area contributed by atoms with E-state index >= 15 is 0 Å². The Labute approximate surface area is 179 Å². The van der Waals surface area contributed by atoms with Crippen molar-refractivity contribution in [2.24, 2.45) is 11.5 Å². The number of amides is 2. The fourth-order valence-electron chi connectivity index (χ4n) is 3.08. The molecular weight excluding hydrogens is 432 g/mol. The second kappa shape index (κ2) is 8.65. The van der Waals surface area contributed by atoms with E-state index in [1.54, 1.807) is 30.3 Å². The number of benzene rings is 1. The average Bonchev–Trinajstić information content (AvgIpc) is 2.71. The van der Waals surface area contributed by atoms with E-state index in [1.807, 2.05) is 0 Å². The van der Waals surface area contributed by atoms with Gasteiger partial charge in [0.1, 0.15) is 11.9 Å². The number of rotatable bonds is 7. The molecule has 0 radical (unpaired) electrons. The molecule has 0 aliphatic heterocycles. The van der Waals surface area contributed by atoms with E-state index in [1.165, 1.54) is 6.20 Å². The molecule has 8 nitrogen and oxygen atoms in total. The minimum absolute atomic E-state index is 0.229. The van der Waals surface area contributed by atoms with E-state index in [0.717, 1.165) is 18.5 Å². The normalized spacial score (nSPS) is 12.4. The van der Waals surface area contributed by atoms with Crippen LogP contribution in [0.15, 0.2) is 42.6 Å². The number of nitrogens with two attached hydrogens (primary N) is 2. The Kier molecular flexibility index (Phi) is 6.14. The van der Waals surface area contributed by atoms with Crippen LogP contribution < -0.4 is 21.7 Å². The van der Waals surface area contributed by atoms with Crippen LogP contribution in [0.1, 0.15) is 16.8 Å². The summed E-state index contributed by atoms with van der Waals surface area (Å²) in [5.41, 5.74) is 11.1. The zero-order valence-electron chi connectivity index (χ0n) is 16.7. The molecule has 0 saturated carbocycles. The van der Waals surface area contributed by atoms with Gasteiger partial charge in [0.25, 0.3) is 5.91 Å². The number of hydrogen-bond acceptors (Lipinski definition) is 6.